The molecule has 1 saturated heterocycles. The van der Waals surface area contributed by atoms with E-state index in [0.717, 1.165) is 25.6 Å². The molecule has 1 heterocycles. The van der Waals surface area contributed by atoms with Crippen molar-refractivity contribution in [2.24, 2.45) is 5.92 Å². The molecule has 2 nitrogen and oxygen atoms in total. The number of ether oxygens (including phenoxy) is 1. The summed E-state index contributed by atoms with van der Waals surface area (Å²) in [5.74, 6) is 0.751. The first-order chi connectivity index (χ1) is 5.72. The van der Waals surface area contributed by atoms with Gasteiger partial charge in [0.1, 0.15) is 0 Å². The van der Waals surface area contributed by atoms with E-state index >= 15 is 0 Å². The Morgan fingerprint density at radius 3 is 2.75 bits per heavy atom. The van der Waals surface area contributed by atoms with Crippen LogP contribution in [0.5, 0.6) is 0 Å². The van der Waals surface area contributed by atoms with Gasteiger partial charge in [-0.15, -0.1) is 0 Å². The largest absolute Gasteiger partial charge is 0.375 e. The van der Waals surface area contributed by atoms with Crippen LogP contribution in [0.25, 0.3) is 0 Å². The summed E-state index contributed by atoms with van der Waals surface area (Å²) < 4.78 is 5.63. The Bertz CT molecular complexity index is 139. The molecule has 0 unspecified atom stereocenters. The third kappa shape index (κ3) is 2.86. The van der Waals surface area contributed by atoms with Crippen molar-refractivity contribution in [1.29, 1.82) is 0 Å². The molecule has 70 valence electrons. The lowest BCUT2D eigenvalue weighted by Gasteiger charge is -2.38. The van der Waals surface area contributed by atoms with Crippen molar-refractivity contribution in [3.05, 3.63) is 12.8 Å². The van der Waals surface area contributed by atoms with Gasteiger partial charge in [0.25, 0.3) is 0 Å². The van der Waals surface area contributed by atoms with Crippen molar-refractivity contribution in [3.8, 4) is 0 Å². The molecular formula is C10H19NO. The Hall–Kier alpha value is -0.500. The molecule has 0 atom stereocenters. The molecule has 0 saturated carbocycles. The first-order valence-electron chi connectivity index (χ1n) is 4.70. The highest BCUT2D eigenvalue weighted by Crippen LogP contribution is 2.12. The number of hydrogen-bond donors (Lipinski definition) is 0. The fourth-order valence-electron chi connectivity index (χ4n) is 1.19. The first-order valence-corrected chi connectivity index (χ1v) is 4.70. The van der Waals surface area contributed by atoms with Gasteiger partial charge in [-0.25, -0.2) is 0 Å². The number of rotatable bonds is 5. The monoisotopic (exact) mass is 169 g/mol. The molecule has 12 heavy (non-hydrogen) atoms. The second kappa shape index (κ2) is 4.51. The van der Waals surface area contributed by atoms with Crippen LogP contribution in [0.3, 0.4) is 0 Å². The van der Waals surface area contributed by atoms with Crippen LogP contribution in [0.15, 0.2) is 12.8 Å². The van der Waals surface area contributed by atoms with E-state index in [4.69, 9.17) is 4.74 Å². The maximum atomic E-state index is 5.63. The quantitative estimate of drug-likeness (QED) is 0.623. The number of hydrogen-bond acceptors (Lipinski definition) is 2. The summed E-state index contributed by atoms with van der Waals surface area (Å²) in [6, 6.07) is 0. The van der Waals surface area contributed by atoms with Crippen LogP contribution in [0.2, 0.25) is 0 Å². The van der Waals surface area contributed by atoms with Gasteiger partial charge >= 0.3 is 0 Å². The van der Waals surface area contributed by atoms with Crippen molar-refractivity contribution < 1.29 is 4.74 Å². The zero-order chi connectivity index (χ0) is 8.97. The maximum Gasteiger partial charge on any atom is 0.0923 e. The molecule has 0 amide bonds. The maximum absolute atomic E-state index is 5.63. The van der Waals surface area contributed by atoms with E-state index in [1.807, 2.05) is 6.20 Å². The van der Waals surface area contributed by atoms with Crippen LogP contribution in [0.4, 0.5) is 0 Å². The lowest BCUT2D eigenvalue weighted by molar-refractivity contribution is -0.0372. The number of likely N-dealkylation sites (tertiary alicyclic amines) is 1. The third-order valence-electron chi connectivity index (χ3n) is 2.18. The Labute approximate surface area is 75.2 Å². The molecule has 0 aromatic carbocycles. The molecular weight excluding hydrogens is 150 g/mol. The zero-order valence-electron chi connectivity index (χ0n) is 8.12. The smallest absolute Gasteiger partial charge is 0.0923 e. The minimum atomic E-state index is 0.460. The Morgan fingerprint density at radius 1 is 1.58 bits per heavy atom. The van der Waals surface area contributed by atoms with Gasteiger partial charge in [0.15, 0.2) is 0 Å². The average molecular weight is 169 g/mol. The van der Waals surface area contributed by atoms with Gasteiger partial charge in [0, 0.05) is 19.7 Å². The van der Waals surface area contributed by atoms with E-state index in [9.17, 15) is 0 Å². The van der Waals surface area contributed by atoms with Gasteiger partial charge in [0.2, 0.25) is 0 Å². The van der Waals surface area contributed by atoms with Gasteiger partial charge in [-0.1, -0.05) is 20.4 Å². The highest BCUT2D eigenvalue weighted by Gasteiger charge is 2.23. The van der Waals surface area contributed by atoms with Gasteiger partial charge in [-0.05, 0) is 18.5 Å². The van der Waals surface area contributed by atoms with Crippen LogP contribution >= 0.6 is 0 Å². The Balaban J connectivity index is 1.93. The van der Waals surface area contributed by atoms with Crippen LogP contribution in [-0.4, -0.2) is 30.7 Å². The van der Waals surface area contributed by atoms with E-state index in [0.29, 0.717) is 6.10 Å². The molecule has 0 spiro atoms. The van der Waals surface area contributed by atoms with Crippen molar-refractivity contribution in [2.45, 2.75) is 26.4 Å². The highest BCUT2D eigenvalue weighted by atomic mass is 16.5. The molecule has 1 aliphatic heterocycles. The molecule has 0 N–H and O–H groups in total. The van der Waals surface area contributed by atoms with Crippen LogP contribution < -0.4 is 0 Å². The van der Waals surface area contributed by atoms with Crippen LogP contribution in [-0.2, 0) is 4.74 Å². The summed E-state index contributed by atoms with van der Waals surface area (Å²) in [4.78, 5) is 2.17. The van der Waals surface area contributed by atoms with Gasteiger partial charge < -0.3 is 9.64 Å². The zero-order valence-corrected chi connectivity index (χ0v) is 8.12. The normalized spacial score (nSPS) is 18.1. The lowest BCUT2D eigenvalue weighted by Crippen LogP contribution is -2.49. The molecule has 0 aliphatic carbocycles. The summed E-state index contributed by atoms with van der Waals surface area (Å²) in [6.45, 7) is 11.1. The van der Waals surface area contributed by atoms with Crippen molar-refractivity contribution in [3.63, 3.8) is 0 Å². The second-order valence-corrected chi connectivity index (χ2v) is 3.81. The van der Waals surface area contributed by atoms with E-state index in [2.05, 4.69) is 25.3 Å². The van der Waals surface area contributed by atoms with Crippen molar-refractivity contribution in [1.82, 2.24) is 4.90 Å². The predicted molar refractivity (Wildman–Crippen MR) is 51.0 cm³/mol. The minimum absolute atomic E-state index is 0.460. The first kappa shape index (κ1) is 9.59. The van der Waals surface area contributed by atoms with E-state index in [1.54, 1.807) is 0 Å². The van der Waals surface area contributed by atoms with Crippen LogP contribution in [0.1, 0.15) is 20.3 Å². The fraction of sp³-hybridized carbons (Fsp3) is 0.800. The number of nitrogens with zero attached hydrogens (tertiary/aromatic N) is 1. The summed E-state index contributed by atoms with van der Waals surface area (Å²) in [5.41, 5.74) is 0. The second-order valence-electron chi connectivity index (χ2n) is 3.81. The summed E-state index contributed by atoms with van der Waals surface area (Å²) >= 11 is 0. The molecule has 2 heteroatoms. The molecule has 1 fully saturated rings. The van der Waals surface area contributed by atoms with Gasteiger partial charge in [-0.2, -0.15) is 0 Å². The minimum Gasteiger partial charge on any atom is -0.375 e. The molecule has 0 aromatic heterocycles. The summed E-state index contributed by atoms with van der Waals surface area (Å²) in [7, 11) is 0. The fourth-order valence-corrected chi connectivity index (χ4v) is 1.19. The van der Waals surface area contributed by atoms with Crippen molar-refractivity contribution in [2.75, 3.05) is 19.7 Å². The Kier molecular flexibility index (Phi) is 3.60. The predicted octanol–water partition coefficient (Wildman–Crippen LogP) is 1.88. The summed E-state index contributed by atoms with van der Waals surface area (Å²) in [5, 5.41) is 0. The summed E-state index contributed by atoms with van der Waals surface area (Å²) in [6.07, 6.45) is 3.51. The topological polar surface area (TPSA) is 12.5 Å². The Morgan fingerprint density at radius 2 is 2.25 bits per heavy atom. The molecule has 1 aliphatic rings. The van der Waals surface area contributed by atoms with E-state index in [-0.39, 0.29) is 0 Å². The molecule has 0 bridgehead atoms. The van der Waals surface area contributed by atoms with Gasteiger partial charge in [-0.3, -0.25) is 0 Å². The molecule has 1 rings (SSSR count). The van der Waals surface area contributed by atoms with E-state index < -0.39 is 0 Å². The molecule has 0 aromatic rings. The van der Waals surface area contributed by atoms with Gasteiger partial charge in [0.05, 0.1) is 6.10 Å². The highest BCUT2D eigenvalue weighted by molar-refractivity contribution is 4.86. The lowest BCUT2D eigenvalue weighted by atomic mass is 10.1. The van der Waals surface area contributed by atoms with Crippen LogP contribution in [0, 0.1) is 5.92 Å². The van der Waals surface area contributed by atoms with E-state index in [1.165, 1.54) is 6.42 Å². The third-order valence-corrected chi connectivity index (χ3v) is 2.18. The average Bonchev–Trinajstić information content (AvgIpc) is 1.93. The van der Waals surface area contributed by atoms with Crippen molar-refractivity contribution >= 4 is 0 Å². The standard InChI is InChI=1S/C10H19NO/c1-4-11-7-10(8-11)12-6-5-9(2)3/h4,9-10H,1,5-8H2,2-3H3. The SMILES string of the molecule is C=CN1CC(OCCC(C)C)C1. The molecule has 0 radical (unpaired) electrons.